The molecular weight excluding hydrogens is 329 g/mol. The van der Waals surface area contributed by atoms with Crippen molar-refractivity contribution >= 4 is 17.3 Å². The maximum atomic E-state index is 12.9. The lowest BCUT2D eigenvalue weighted by atomic mass is 10.2. The largest absolute Gasteiger partial charge is 0.497 e. The second-order valence-corrected chi connectivity index (χ2v) is 5.81. The molecule has 1 heterocycles. The van der Waals surface area contributed by atoms with Crippen molar-refractivity contribution in [3.8, 4) is 16.3 Å². The summed E-state index contributed by atoms with van der Waals surface area (Å²) in [5, 5.41) is 2.57. The molecule has 122 valence electrons. The van der Waals surface area contributed by atoms with Gasteiger partial charge in [0.15, 0.2) is 0 Å². The van der Waals surface area contributed by atoms with Gasteiger partial charge in [-0.15, -0.1) is 11.3 Å². The summed E-state index contributed by atoms with van der Waals surface area (Å²) in [6.45, 7) is 0.0859. The molecule has 0 saturated carbocycles. The minimum atomic E-state index is -0.422. The minimum absolute atomic E-state index is 0.0859. The quantitative estimate of drug-likeness (QED) is 0.648. The number of carbonyl (C=O) groups is 1. The lowest BCUT2D eigenvalue weighted by Crippen LogP contribution is -2.05. The molecule has 0 aliphatic heterocycles. The van der Waals surface area contributed by atoms with Gasteiger partial charge in [0.1, 0.15) is 23.2 Å². The number of rotatable bonds is 5. The number of thiazole rings is 1. The maximum absolute atomic E-state index is 12.9. The number of carbonyl (C=O) groups excluding carboxylic acids is 1. The van der Waals surface area contributed by atoms with Crippen LogP contribution in [0.25, 0.3) is 10.6 Å². The molecule has 4 nitrogen and oxygen atoms in total. The molecule has 6 heteroatoms. The highest BCUT2D eigenvalue weighted by Gasteiger charge is 2.10. The van der Waals surface area contributed by atoms with Gasteiger partial charge in [-0.3, -0.25) is 0 Å². The van der Waals surface area contributed by atoms with Gasteiger partial charge in [0.2, 0.25) is 0 Å². The fourth-order valence-electron chi connectivity index (χ4n) is 2.05. The third-order valence-corrected chi connectivity index (χ3v) is 4.26. The lowest BCUT2D eigenvalue weighted by Gasteiger charge is -2.04. The van der Waals surface area contributed by atoms with Gasteiger partial charge in [0.25, 0.3) is 0 Å². The average molecular weight is 343 g/mol. The van der Waals surface area contributed by atoms with Crippen LogP contribution in [0.1, 0.15) is 16.1 Å². The molecule has 0 radical (unpaired) electrons. The highest BCUT2D eigenvalue weighted by Crippen LogP contribution is 2.24. The van der Waals surface area contributed by atoms with E-state index in [0.29, 0.717) is 17.0 Å². The first-order valence-electron chi connectivity index (χ1n) is 7.17. The summed E-state index contributed by atoms with van der Waals surface area (Å²) in [6.07, 6.45) is 0. The molecule has 3 rings (SSSR count). The van der Waals surface area contributed by atoms with Crippen LogP contribution in [0.5, 0.6) is 5.75 Å². The molecule has 0 saturated heterocycles. The van der Waals surface area contributed by atoms with Gasteiger partial charge in [0.05, 0.1) is 18.4 Å². The van der Waals surface area contributed by atoms with Crippen molar-refractivity contribution in [3.63, 3.8) is 0 Å². The Hall–Kier alpha value is -2.73. The summed E-state index contributed by atoms with van der Waals surface area (Å²) in [5.74, 6) is -0.0343. The van der Waals surface area contributed by atoms with Gasteiger partial charge >= 0.3 is 5.97 Å². The molecule has 24 heavy (non-hydrogen) atoms. The maximum Gasteiger partial charge on any atom is 0.338 e. The highest BCUT2D eigenvalue weighted by atomic mass is 32.1. The molecule has 0 amide bonds. The number of esters is 1. The summed E-state index contributed by atoms with van der Waals surface area (Å²) >= 11 is 1.42. The van der Waals surface area contributed by atoms with Crippen LogP contribution in [0, 0.1) is 5.82 Å². The zero-order chi connectivity index (χ0) is 16.9. The molecule has 0 bridgehead atoms. The number of halogens is 1. The normalized spacial score (nSPS) is 10.4. The fraction of sp³-hybridized carbons (Fsp3) is 0.111. The molecule has 1 aromatic heterocycles. The Bertz CT molecular complexity index is 828. The van der Waals surface area contributed by atoms with Crippen LogP contribution >= 0.6 is 11.3 Å². The number of hydrogen-bond acceptors (Lipinski definition) is 5. The fourth-order valence-corrected chi connectivity index (χ4v) is 2.86. The van der Waals surface area contributed by atoms with Crippen molar-refractivity contribution in [1.29, 1.82) is 0 Å². The number of methoxy groups -OCH3 is 1. The number of nitrogens with zero attached hydrogens (tertiary/aromatic N) is 1. The smallest absolute Gasteiger partial charge is 0.338 e. The summed E-state index contributed by atoms with van der Waals surface area (Å²) < 4.78 is 23.3. The van der Waals surface area contributed by atoms with E-state index in [0.717, 1.165) is 10.6 Å². The summed E-state index contributed by atoms with van der Waals surface area (Å²) in [5.41, 5.74) is 1.93. The van der Waals surface area contributed by atoms with Crippen LogP contribution in [0.2, 0.25) is 0 Å². The van der Waals surface area contributed by atoms with E-state index < -0.39 is 5.97 Å². The zero-order valence-corrected chi connectivity index (χ0v) is 13.7. The van der Waals surface area contributed by atoms with E-state index in [4.69, 9.17) is 9.47 Å². The SMILES string of the molecule is COc1ccc(C(=O)OCc2csc(-c3ccc(F)cc3)n2)cc1. The van der Waals surface area contributed by atoms with Crippen molar-refractivity contribution in [2.24, 2.45) is 0 Å². The number of hydrogen-bond donors (Lipinski definition) is 0. The van der Waals surface area contributed by atoms with E-state index in [1.54, 1.807) is 43.5 Å². The molecule has 0 atom stereocenters. The van der Waals surface area contributed by atoms with Crippen molar-refractivity contribution in [2.45, 2.75) is 6.61 Å². The zero-order valence-electron chi connectivity index (χ0n) is 12.9. The lowest BCUT2D eigenvalue weighted by molar-refractivity contribution is 0.0468. The van der Waals surface area contributed by atoms with Crippen molar-refractivity contribution in [3.05, 3.63) is 71.0 Å². The standard InChI is InChI=1S/C18H14FNO3S/c1-22-16-8-4-13(5-9-16)18(21)23-10-15-11-24-17(20-15)12-2-6-14(19)7-3-12/h2-9,11H,10H2,1H3. The van der Waals surface area contributed by atoms with Crippen LogP contribution in [-0.4, -0.2) is 18.1 Å². The third-order valence-electron chi connectivity index (χ3n) is 3.32. The van der Waals surface area contributed by atoms with Crippen molar-refractivity contribution < 1.29 is 18.7 Å². The summed E-state index contributed by atoms with van der Waals surface area (Å²) in [4.78, 5) is 16.4. The van der Waals surface area contributed by atoms with Crippen LogP contribution in [0.4, 0.5) is 4.39 Å². The first-order chi connectivity index (χ1) is 11.7. The van der Waals surface area contributed by atoms with Gasteiger partial charge in [-0.05, 0) is 48.5 Å². The van der Waals surface area contributed by atoms with Crippen molar-refractivity contribution in [1.82, 2.24) is 4.98 Å². The monoisotopic (exact) mass is 343 g/mol. The summed E-state index contributed by atoms with van der Waals surface area (Å²) in [6, 6.07) is 12.8. The molecule has 0 N–H and O–H groups in total. The molecule has 0 spiro atoms. The van der Waals surface area contributed by atoms with Crippen LogP contribution < -0.4 is 4.74 Å². The topological polar surface area (TPSA) is 48.4 Å². The second-order valence-electron chi connectivity index (χ2n) is 4.96. The van der Waals surface area contributed by atoms with Gasteiger partial charge in [-0.1, -0.05) is 0 Å². The van der Waals surface area contributed by atoms with E-state index in [1.165, 1.54) is 23.5 Å². The molecule has 3 aromatic rings. The Labute approximate surface area is 142 Å². The Morgan fingerprint density at radius 3 is 2.50 bits per heavy atom. The van der Waals surface area contributed by atoms with E-state index in [-0.39, 0.29) is 12.4 Å². The first kappa shape index (κ1) is 16.1. The van der Waals surface area contributed by atoms with Gasteiger partial charge in [0, 0.05) is 10.9 Å². The molecular formula is C18H14FNO3S. The Kier molecular flexibility index (Phi) is 4.86. The van der Waals surface area contributed by atoms with E-state index >= 15 is 0 Å². The van der Waals surface area contributed by atoms with E-state index in [1.807, 2.05) is 5.38 Å². The number of aromatic nitrogens is 1. The predicted octanol–water partition coefficient (Wildman–Crippen LogP) is 4.31. The van der Waals surface area contributed by atoms with E-state index in [2.05, 4.69) is 4.98 Å². The van der Waals surface area contributed by atoms with Crippen LogP contribution in [0.15, 0.2) is 53.9 Å². The molecule has 0 aliphatic carbocycles. The Morgan fingerprint density at radius 2 is 1.83 bits per heavy atom. The van der Waals surface area contributed by atoms with Crippen LogP contribution in [-0.2, 0) is 11.3 Å². The molecule has 0 unspecified atom stereocenters. The second kappa shape index (κ2) is 7.23. The minimum Gasteiger partial charge on any atom is -0.497 e. The van der Waals surface area contributed by atoms with Gasteiger partial charge < -0.3 is 9.47 Å². The highest BCUT2D eigenvalue weighted by molar-refractivity contribution is 7.13. The first-order valence-corrected chi connectivity index (χ1v) is 8.05. The Balaban J connectivity index is 1.62. The van der Waals surface area contributed by atoms with Gasteiger partial charge in [-0.2, -0.15) is 0 Å². The van der Waals surface area contributed by atoms with E-state index in [9.17, 15) is 9.18 Å². The predicted molar refractivity (Wildman–Crippen MR) is 89.6 cm³/mol. The molecule has 2 aromatic carbocycles. The van der Waals surface area contributed by atoms with Gasteiger partial charge in [-0.25, -0.2) is 14.2 Å². The average Bonchev–Trinajstić information content (AvgIpc) is 3.09. The Morgan fingerprint density at radius 1 is 1.12 bits per heavy atom. The van der Waals surface area contributed by atoms with Crippen molar-refractivity contribution in [2.75, 3.05) is 7.11 Å². The molecule has 0 fully saturated rings. The third kappa shape index (κ3) is 3.78. The number of ether oxygens (including phenoxy) is 2. The molecule has 0 aliphatic rings. The van der Waals surface area contributed by atoms with Crippen LogP contribution in [0.3, 0.4) is 0 Å². The summed E-state index contributed by atoms with van der Waals surface area (Å²) in [7, 11) is 1.56. The number of benzene rings is 2.